The molecule has 118 valence electrons. The van der Waals surface area contributed by atoms with E-state index in [1.54, 1.807) is 18.2 Å². The number of nitrogens with one attached hydrogen (secondary N) is 1. The highest BCUT2D eigenvalue weighted by Gasteiger charge is 2.20. The first-order chi connectivity index (χ1) is 9.69. The van der Waals surface area contributed by atoms with Crippen molar-refractivity contribution in [2.75, 3.05) is 26.2 Å². The van der Waals surface area contributed by atoms with Crippen molar-refractivity contribution in [3.8, 4) is 0 Å². The van der Waals surface area contributed by atoms with Gasteiger partial charge in [0.25, 0.3) is 0 Å². The maximum atomic E-state index is 13.4. The Morgan fingerprint density at radius 1 is 1.43 bits per heavy atom. The van der Waals surface area contributed by atoms with Crippen molar-refractivity contribution in [3.05, 3.63) is 35.6 Å². The van der Waals surface area contributed by atoms with E-state index in [-0.39, 0.29) is 30.7 Å². The van der Waals surface area contributed by atoms with Gasteiger partial charge in [0.2, 0.25) is 5.91 Å². The van der Waals surface area contributed by atoms with Gasteiger partial charge in [-0.3, -0.25) is 9.69 Å². The Bertz CT molecular complexity index is 458. The van der Waals surface area contributed by atoms with Crippen molar-refractivity contribution in [1.29, 1.82) is 0 Å². The number of amides is 1. The molecule has 1 atom stereocenters. The van der Waals surface area contributed by atoms with Crippen molar-refractivity contribution in [1.82, 2.24) is 10.2 Å². The molecule has 0 bridgehead atoms. The lowest BCUT2D eigenvalue weighted by Crippen LogP contribution is -2.43. The molecule has 1 fully saturated rings. The Morgan fingerprint density at radius 3 is 2.90 bits per heavy atom. The van der Waals surface area contributed by atoms with Gasteiger partial charge in [-0.25, -0.2) is 4.39 Å². The van der Waals surface area contributed by atoms with Gasteiger partial charge in [-0.15, -0.1) is 12.4 Å². The van der Waals surface area contributed by atoms with Crippen LogP contribution in [0.2, 0.25) is 0 Å². The Morgan fingerprint density at radius 2 is 2.19 bits per heavy atom. The maximum Gasteiger partial charge on any atom is 0.234 e. The van der Waals surface area contributed by atoms with E-state index in [4.69, 9.17) is 5.73 Å². The van der Waals surface area contributed by atoms with E-state index in [2.05, 4.69) is 10.2 Å². The second kappa shape index (κ2) is 8.97. The highest BCUT2D eigenvalue weighted by molar-refractivity contribution is 5.85. The SMILES string of the molecule is Cl.NCC1CCCN(CC(=O)NCc2ccccc2F)C1. The van der Waals surface area contributed by atoms with E-state index >= 15 is 0 Å². The molecule has 3 N–H and O–H groups in total. The number of hydrogen-bond donors (Lipinski definition) is 2. The minimum Gasteiger partial charge on any atom is -0.351 e. The molecule has 6 heteroatoms. The summed E-state index contributed by atoms with van der Waals surface area (Å²) < 4.78 is 13.4. The molecule has 2 rings (SSSR count). The van der Waals surface area contributed by atoms with E-state index in [0.717, 1.165) is 25.9 Å². The highest BCUT2D eigenvalue weighted by Crippen LogP contribution is 2.14. The molecule has 1 heterocycles. The minimum atomic E-state index is -0.283. The van der Waals surface area contributed by atoms with Gasteiger partial charge in [-0.1, -0.05) is 18.2 Å². The van der Waals surface area contributed by atoms with Crippen LogP contribution in [0.5, 0.6) is 0 Å². The van der Waals surface area contributed by atoms with Crippen LogP contribution in [0.15, 0.2) is 24.3 Å². The Hall–Kier alpha value is -1.17. The summed E-state index contributed by atoms with van der Waals surface area (Å²) in [7, 11) is 0. The van der Waals surface area contributed by atoms with Crippen molar-refractivity contribution in [2.45, 2.75) is 19.4 Å². The smallest absolute Gasteiger partial charge is 0.234 e. The molecule has 0 saturated carbocycles. The summed E-state index contributed by atoms with van der Waals surface area (Å²) in [5, 5.41) is 2.77. The summed E-state index contributed by atoms with van der Waals surface area (Å²) in [4.78, 5) is 14.0. The number of nitrogens with two attached hydrogens (primary N) is 1. The molecule has 4 nitrogen and oxygen atoms in total. The molecule has 1 aromatic rings. The van der Waals surface area contributed by atoms with Crippen LogP contribution in [-0.2, 0) is 11.3 Å². The summed E-state index contributed by atoms with van der Waals surface area (Å²) in [5.41, 5.74) is 6.19. The van der Waals surface area contributed by atoms with Crippen LogP contribution in [0, 0.1) is 11.7 Å². The van der Waals surface area contributed by atoms with E-state index in [1.807, 2.05) is 0 Å². The Balaban J connectivity index is 0.00000220. The molecule has 1 unspecified atom stereocenters. The molecule has 1 aliphatic heterocycles. The number of benzene rings is 1. The average Bonchev–Trinajstić information content (AvgIpc) is 2.46. The monoisotopic (exact) mass is 315 g/mol. The first-order valence-corrected chi connectivity index (χ1v) is 7.11. The number of carbonyl (C=O) groups excluding carboxylic acids is 1. The number of carbonyl (C=O) groups is 1. The first kappa shape index (κ1) is 17.9. The number of halogens is 2. The molecule has 1 aromatic carbocycles. The Labute approximate surface area is 131 Å². The standard InChI is InChI=1S/C15H22FN3O.ClH/c16-14-6-2-1-5-13(14)9-18-15(20)11-19-7-3-4-12(8-17)10-19;/h1-2,5-6,12H,3-4,7-11,17H2,(H,18,20);1H. The predicted molar refractivity (Wildman–Crippen MR) is 83.7 cm³/mol. The second-order valence-electron chi connectivity index (χ2n) is 5.35. The Kier molecular flexibility index (Phi) is 7.64. The molecule has 0 radical (unpaired) electrons. The van der Waals surface area contributed by atoms with Crippen LogP contribution in [0.3, 0.4) is 0 Å². The van der Waals surface area contributed by atoms with Crippen LogP contribution in [-0.4, -0.2) is 37.0 Å². The molecular formula is C15H23ClFN3O. The van der Waals surface area contributed by atoms with Gasteiger partial charge in [-0.2, -0.15) is 0 Å². The molecule has 1 saturated heterocycles. The van der Waals surface area contributed by atoms with Crippen LogP contribution in [0.25, 0.3) is 0 Å². The number of likely N-dealkylation sites (tertiary alicyclic amines) is 1. The van der Waals surface area contributed by atoms with Gasteiger partial charge >= 0.3 is 0 Å². The largest absolute Gasteiger partial charge is 0.351 e. The van der Waals surface area contributed by atoms with Gasteiger partial charge in [0, 0.05) is 18.7 Å². The third-order valence-corrected chi connectivity index (χ3v) is 3.74. The van der Waals surface area contributed by atoms with Crippen LogP contribution < -0.4 is 11.1 Å². The lowest BCUT2D eigenvalue weighted by atomic mass is 9.98. The molecule has 1 aliphatic rings. The zero-order chi connectivity index (χ0) is 14.4. The number of nitrogens with zero attached hydrogens (tertiary/aromatic N) is 1. The van der Waals surface area contributed by atoms with Crippen molar-refractivity contribution >= 4 is 18.3 Å². The van der Waals surface area contributed by atoms with Crippen molar-refractivity contribution in [2.24, 2.45) is 11.7 Å². The zero-order valence-corrected chi connectivity index (χ0v) is 12.9. The van der Waals surface area contributed by atoms with Gasteiger partial charge in [0.1, 0.15) is 5.82 Å². The minimum absolute atomic E-state index is 0. The molecular weight excluding hydrogens is 293 g/mol. The molecule has 0 aromatic heterocycles. The van der Waals surface area contributed by atoms with Gasteiger partial charge in [0.05, 0.1) is 6.54 Å². The van der Waals surface area contributed by atoms with Crippen LogP contribution >= 0.6 is 12.4 Å². The predicted octanol–water partition coefficient (Wildman–Crippen LogP) is 1.53. The maximum absolute atomic E-state index is 13.4. The summed E-state index contributed by atoms with van der Waals surface area (Å²) in [5.74, 6) is 0.142. The summed E-state index contributed by atoms with van der Waals surface area (Å²) in [6.07, 6.45) is 2.23. The fourth-order valence-electron chi connectivity index (χ4n) is 2.58. The number of hydrogen-bond acceptors (Lipinski definition) is 3. The van der Waals surface area contributed by atoms with Gasteiger partial charge < -0.3 is 11.1 Å². The van der Waals surface area contributed by atoms with Crippen LogP contribution in [0.4, 0.5) is 4.39 Å². The fourth-order valence-corrected chi connectivity index (χ4v) is 2.58. The van der Waals surface area contributed by atoms with Crippen molar-refractivity contribution in [3.63, 3.8) is 0 Å². The summed E-state index contributed by atoms with van der Waals surface area (Å²) >= 11 is 0. The van der Waals surface area contributed by atoms with Gasteiger partial charge in [-0.05, 0) is 37.9 Å². The number of piperidine rings is 1. The number of rotatable bonds is 5. The molecule has 1 amide bonds. The van der Waals surface area contributed by atoms with E-state index in [9.17, 15) is 9.18 Å². The average molecular weight is 316 g/mol. The fraction of sp³-hybridized carbons (Fsp3) is 0.533. The van der Waals surface area contributed by atoms with Crippen molar-refractivity contribution < 1.29 is 9.18 Å². The van der Waals surface area contributed by atoms with E-state index < -0.39 is 0 Å². The van der Waals surface area contributed by atoms with E-state index in [0.29, 0.717) is 24.6 Å². The molecule has 0 spiro atoms. The lowest BCUT2D eigenvalue weighted by molar-refractivity contribution is -0.122. The second-order valence-corrected chi connectivity index (χ2v) is 5.35. The molecule has 0 aliphatic carbocycles. The third kappa shape index (κ3) is 5.61. The highest BCUT2D eigenvalue weighted by atomic mass is 35.5. The lowest BCUT2D eigenvalue weighted by Gasteiger charge is -2.31. The quantitative estimate of drug-likeness (QED) is 0.866. The van der Waals surface area contributed by atoms with Crippen LogP contribution in [0.1, 0.15) is 18.4 Å². The summed E-state index contributed by atoms with van der Waals surface area (Å²) in [6, 6.07) is 6.49. The summed E-state index contributed by atoms with van der Waals surface area (Å²) in [6.45, 7) is 3.09. The third-order valence-electron chi connectivity index (χ3n) is 3.74. The van der Waals surface area contributed by atoms with Gasteiger partial charge in [0.15, 0.2) is 0 Å². The van der Waals surface area contributed by atoms with E-state index in [1.165, 1.54) is 6.07 Å². The molecule has 21 heavy (non-hydrogen) atoms. The topological polar surface area (TPSA) is 58.4 Å². The normalized spacial score (nSPS) is 18.9. The zero-order valence-electron chi connectivity index (χ0n) is 12.1. The first-order valence-electron chi connectivity index (χ1n) is 7.11.